The molecule has 0 heterocycles. The van der Waals surface area contributed by atoms with Gasteiger partial charge in [0.25, 0.3) is 5.91 Å². The van der Waals surface area contributed by atoms with Crippen molar-refractivity contribution in [2.24, 2.45) is 5.92 Å². The molecule has 34 heavy (non-hydrogen) atoms. The van der Waals surface area contributed by atoms with Gasteiger partial charge in [-0.3, -0.25) is 9.59 Å². The zero-order chi connectivity index (χ0) is 24.8. The maximum atomic E-state index is 13.3. The molecule has 2 amide bonds. The summed E-state index contributed by atoms with van der Waals surface area (Å²) in [7, 11) is 0. The lowest BCUT2D eigenvalue weighted by atomic mass is 10.0. The van der Waals surface area contributed by atoms with E-state index in [1.807, 2.05) is 0 Å². The van der Waals surface area contributed by atoms with Gasteiger partial charge in [-0.05, 0) is 59.0 Å². The van der Waals surface area contributed by atoms with Crippen LogP contribution >= 0.6 is 0 Å². The Morgan fingerprint density at radius 3 is 1.88 bits per heavy atom. The largest absolute Gasteiger partial charge is 0.480 e. The number of carboxylic acids is 1. The van der Waals surface area contributed by atoms with Crippen LogP contribution in [0.1, 0.15) is 29.8 Å². The van der Waals surface area contributed by atoms with Gasteiger partial charge in [0, 0.05) is 17.3 Å². The maximum absolute atomic E-state index is 13.3. The number of carboxylic acid groups (broad SMARTS) is 1. The zero-order valence-corrected chi connectivity index (χ0v) is 18.6. The highest BCUT2D eigenvalue weighted by Crippen LogP contribution is 2.22. The van der Waals surface area contributed by atoms with Gasteiger partial charge in [0.2, 0.25) is 5.91 Å². The van der Waals surface area contributed by atoms with Crippen LogP contribution in [-0.2, 0) is 16.0 Å². The van der Waals surface area contributed by atoms with Crippen molar-refractivity contribution in [1.29, 1.82) is 0 Å². The van der Waals surface area contributed by atoms with E-state index >= 15 is 0 Å². The van der Waals surface area contributed by atoms with Gasteiger partial charge in [-0.25, -0.2) is 13.6 Å². The molecule has 3 N–H and O–H groups in total. The van der Waals surface area contributed by atoms with Crippen molar-refractivity contribution in [3.8, 4) is 11.1 Å². The van der Waals surface area contributed by atoms with Crippen LogP contribution in [0.15, 0.2) is 66.7 Å². The summed E-state index contributed by atoms with van der Waals surface area (Å²) >= 11 is 0. The topological polar surface area (TPSA) is 95.5 Å². The number of carbonyl (C=O) groups is 3. The molecule has 0 bridgehead atoms. The van der Waals surface area contributed by atoms with E-state index in [1.165, 1.54) is 0 Å². The Hall–Kier alpha value is -4.07. The second-order valence-corrected chi connectivity index (χ2v) is 8.19. The number of amides is 2. The van der Waals surface area contributed by atoms with Crippen LogP contribution in [0.5, 0.6) is 0 Å². The molecule has 0 spiro atoms. The third kappa shape index (κ3) is 6.48. The highest BCUT2D eigenvalue weighted by molar-refractivity contribution is 5.97. The summed E-state index contributed by atoms with van der Waals surface area (Å²) in [6.07, 6.45) is -0.167. The molecule has 3 aromatic rings. The molecule has 0 aliphatic carbocycles. The Kier molecular flexibility index (Phi) is 7.73. The number of hydrogen-bond donors (Lipinski definition) is 3. The number of carbonyl (C=O) groups excluding carboxylic acids is 2. The predicted molar refractivity (Wildman–Crippen MR) is 124 cm³/mol. The minimum absolute atomic E-state index is 0.167. The molecule has 3 rings (SSSR count). The fourth-order valence-corrected chi connectivity index (χ4v) is 3.40. The van der Waals surface area contributed by atoms with Crippen molar-refractivity contribution in [3.05, 3.63) is 89.5 Å². The third-order valence-electron chi connectivity index (χ3n) is 5.16. The van der Waals surface area contributed by atoms with Crippen LogP contribution in [0.2, 0.25) is 0 Å². The Balaban J connectivity index is 1.62. The summed E-state index contributed by atoms with van der Waals surface area (Å²) in [6, 6.07) is 15.7. The molecule has 8 heteroatoms. The van der Waals surface area contributed by atoms with Gasteiger partial charge in [-0.2, -0.15) is 0 Å². The lowest BCUT2D eigenvalue weighted by molar-refractivity contribution is -0.140. The smallest absolute Gasteiger partial charge is 0.326 e. The molecule has 1 atom stereocenters. The Morgan fingerprint density at radius 2 is 1.38 bits per heavy atom. The van der Waals surface area contributed by atoms with Gasteiger partial charge in [0.1, 0.15) is 17.7 Å². The SMILES string of the molecule is CC(C)[C@@H](NC(=O)c1ccc(-c2ccc(NC(=O)Cc3cc(F)cc(F)c3)cc2)cc1)C(=O)O. The lowest BCUT2D eigenvalue weighted by Gasteiger charge is -2.18. The predicted octanol–water partition coefficient (Wildman–Crippen LogP) is 4.65. The third-order valence-corrected chi connectivity index (χ3v) is 5.16. The van der Waals surface area contributed by atoms with Crippen LogP contribution in [0, 0.1) is 17.6 Å². The highest BCUT2D eigenvalue weighted by atomic mass is 19.1. The first-order chi connectivity index (χ1) is 16.1. The quantitative estimate of drug-likeness (QED) is 0.450. The number of benzene rings is 3. The molecule has 0 saturated heterocycles. The van der Waals surface area contributed by atoms with Crippen molar-refractivity contribution in [2.45, 2.75) is 26.3 Å². The number of hydrogen-bond acceptors (Lipinski definition) is 3. The Bertz CT molecular complexity index is 1170. The summed E-state index contributed by atoms with van der Waals surface area (Å²) in [6.45, 7) is 3.44. The molecule has 6 nitrogen and oxygen atoms in total. The van der Waals surface area contributed by atoms with Crippen LogP contribution in [-0.4, -0.2) is 28.9 Å². The second kappa shape index (κ2) is 10.7. The first-order valence-electron chi connectivity index (χ1n) is 10.6. The number of anilines is 1. The fraction of sp³-hybridized carbons (Fsp3) is 0.192. The lowest BCUT2D eigenvalue weighted by Crippen LogP contribution is -2.44. The number of nitrogens with one attached hydrogen (secondary N) is 2. The molecule has 0 aliphatic heterocycles. The Labute approximate surface area is 195 Å². The van der Waals surface area contributed by atoms with Crippen molar-refractivity contribution in [2.75, 3.05) is 5.32 Å². The van der Waals surface area contributed by atoms with E-state index in [9.17, 15) is 28.3 Å². The van der Waals surface area contributed by atoms with Crippen molar-refractivity contribution in [1.82, 2.24) is 5.32 Å². The molecule has 0 fully saturated rings. The molecule has 176 valence electrons. The normalized spacial score (nSPS) is 11.7. The van der Waals surface area contributed by atoms with Crippen LogP contribution in [0.3, 0.4) is 0 Å². The Morgan fingerprint density at radius 1 is 0.853 bits per heavy atom. The van der Waals surface area contributed by atoms with Gasteiger partial charge in [-0.1, -0.05) is 38.1 Å². The summed E-state index contributed by atoms with van der Waals surface area (Å²) < 4.78 is 26.6. The van der Waals surface area contributed by atoms with E-state index in [1.54, 1.807) is 62.4 Å². The summed E-state index contributed by atoms with van der Waals surface area (Å²) in [5.74, 6) is -3.70. The molecular weight excluding hydrogens is 442 g/mol. The van der Waals surface area contributed by atoms with Crippen LogP contribution < -0.4 is 10.6 Å². The first-order valence-corrected chi connectivity index (χ1v) is 10.6. The van der Waals surface area contributed by atoms with E-state index in [0.29, 0.717) is 11.3 Å². The van der Waals surface area contributed by atoms with E-state index in [0.717, 1.165) is 29.3 Å². The molecule has 0 aliphatic rings. The number of halogens is 2. The van der Waals surface area contributed by atoms with Crippen molar-refractivity contribution >= 4 is 23.5 Å². The minimum Gasteiger partial charge on any atom is -0.480 e. The van der Waals surface area contributed by atoms with Gasteiger partial charge in [0.15, 0.2) is 0 Å². The van der Waals surface area contributed by atoms with Gasteiger partial charge >= 0.3 is 5.97 Å². The molecule has 0 saturated carbocycles. The highest BCUT2D eigenvalue weighted by Gasteiger charge is 2.23. The zero-order valence-electron chi connectivity index (χ0n) is 18.6. The van der Waals surface area contributed by atoms with Crippen molar-refractivity contribution < 1.29 is 28.3 Å². The molecule has 0 radical (unpaired) electrons. The average Bonchev–Trinajstić information content (AvgIpc) is 2.76. The van der Waals surface area contributed by atoms with Crippen LogP contribution in [0.25, 0.3) is 11.1 Å². The fourth-order valence-electron chi connectivity index (χ4n) is 3.40. The first kappa shape index (κ1) is 24.6. The summed E-state index contributed by atoms with van der Waals surface area (Å²) in [5.41, 5.74) is 2.76. The average molecular weight is 466 g/mol. The number of rotatable bonds is 8. The van der Waals surface area contributed by atoms with Gasteiger partial charge in [0.05, 0.1) is 6.42 Å². The van der Waals surface area contributed by atoms with Gasteiger partial charge < -0.3 is 15.7 Å². The standard InChI is InChI=1S/C26H24F2N2O4/c1-15(2)24(26(33)34)30-25(32)19-5-3-17(4-6-19)18-7-9-22(10-8-18)29-23(31)13-16-11-20(27)14-21(28)12-16/h3-12,14-15,24H,13H2,1-2H3,(H,29,31)(H,30,32)(H,33,34)/t24-/m1/s1. The molecule has 3 aromatic carbocycles. The number of aliphatic carboxylic acids is 1. The van der Waals surface area contributed by atoms with E-state index in [4.69, 9.17) is 0 Å². The van der Waals surface area contributed by atoms with E-state index < -0.39 is 35.5 Å². The maximum Gasteiger partial charge on any atom is 0.326 e. The summed E-state index contributed by atoms with van der Waals surface area (Å²) in [4.78, 5) is 35.9. The molecular formula is C26H24F2N2O4. The monoisotopic (exact) mass is 466 g/mol. The van der Waals surface area contributed by atoms with Crippen molar-refractivity contribution in [3.63, 3.8) is 0 Å². The summed E-state index contributed by atoms with van der Waals surface area (Å²) in [5, 5.41) is 14.4. The second-order valence-electron chi connectivity index (χ2n) is 8.19. The molecule has 0 aromatic heterocycles. The van der Waals surface area contributed by atoms with E-state index in [-0.39, 0.29) is 17.9 Å². The van der Waals surface area contributed by atoms with Crippen LogP contribution in [0.4, 0.5) is 14.5 Å². The molecule has 0 unspecified atom stereocenters. The van der Waals surface area contributed by atoms with E-state index in [2.05, 4.69) is 10.6 Å². The van der Waals surface area contributed by atoms with Gasteiger partial charge in [-0.15, -0.1) is 0 Å². The minimum atomic E-state index is -1.09.